The molecule has 0 amide bonds. The minimum atomic E-state index is 0.343. The van der Waals surface area contributed by atoms with E-state index < -0.39 is 0 Å². The Hall–Kier alpha value is -1.50. The van der Waals surface area contributed by atoms with E-state index in [1.165, 1.54) is 12.8 Å². The Morgan fingerprint density at radius 3 is 2.92 bits per heavy atom. The number of anilines is 1. The summed E-state index contributed by atoms with van der Waals surface area (Å²) in [6.45, 7) is 2.12. The maximum atomic E-state index is 8.68. The first-order valence-electron chi connectivity index (χ1n) is 4.47. The second-order valence-electron chi connectivity index (χ2n) is 3.60. The summed E-state index contributed by atoms with van der Waals surface area (Å²) in [6.07, 6.45) is 4.27. The molecule has 1 aliphatic carbocycles. The van der Waals surface area contributed by atoms with Crippen molar-refractivity contribution in [2.75, 3.05) is 5.73 Å². The van der Waals surface area contributed by atoms with Crippen LogP contribution >= 0.6 is 0 Å². The first-order valence-corrected chi connectivity index (χ1v) is 4.47. The second-order valence-corrected chi connectivity index (χ2v) is 3.60. The lowest BCUT2D eigenvalue weighted by Crippen LogP contribution is -2.07. The normalized spacial score (nSPS) is 18.2. The minimum Gasteiger partial charge on any atom is -0.381 e. The maximum absolute atomic E-state index is 8.68. The monoisotopic (exact) mass is 176 g/mol. The van der Waals surface area contributed by atoms with Gasteiger partial charge < -0.3 is 5.73 Å². The van der Waals surface area contributed by atoms with Gasteiger partial charge in [-0.3, -0.25) is 4.68 Å². The van der Waals surface area contributed by atoms with Crippen molar-refractivity contribution in [3.05, 3.63) is 11.8 Å². The lowest BCUT2D eigenvalue weighted by Gasteiger charge is -2.09. The number of hydrogen-bond acceptors (Lipinski definition) is 3. The number of rotatable bonds is 2. The molecule has 4 nitrogen and oxygen atoms in total. The summed E-state index contributed by atoms with van der Waals surface area (Å²) in [5.41, 5.74) is 6.03. The Balaban J connectivity index is 2.25. The van der Waals surface area contributed by atoms with Crippen LogP contribution in [0.15, 0.2) is 6.20 Å². The maximum Gasteiger partial charge on any atom is 0.163 e. The highest BCUT2D eigenvalue weighted by Crippen LogP contribution is 2.39. The van der Waals surface area contributed by atoms with E-state index in [1.807, 2.05) is 10.8 Å². The van der Waals surface area contributed by atoms with E-state index in [1.54, 1.807) is 6.20 Å². The topological polar surface area (TPSA) is 67.6 Å². The molecule has 1 aromatic heterocycles. The first-order chi connectivity index (χ1) is 6.22. The lowest BCUT2D eigenvalue weighted by atomic mass is 10.2. The molecule has 2 N–H and O–H groups in total. The summed E-state index contributed by atoms with van der Waals surface area (Å²) >= 11 is 0. The molecule has 0 radical (unpaired) electrons. The molecule has 0 aromatic carbocycles. The van der Waals surface area contributed by atoms with Gasteiger partial charge in [0.1, 0.15) is 11.6 Å². The molecule has 0 aliphatic heterocycles. The Labute approximate surface area is 77.0 Å². The molecular formula is C9H12N4. The fourth-order valence-corrected chi connectivity index (χ4v) is 1.49. The Kier molecular flexibility index (Phi) is 1.73. The van der Waals surface area contributed by atoms with Crippen molar-refractivity contribution in [1.29, 1.82) is 5.26 Å². The predicted molar refractivity (Wildman–Crippen MR) is 48.8 cm³/mol. The molecule has 0 bridgehead atoms. The highest BCUT2D eigenvalue weighted by Gasteiger charge is 2.29. The second kappa shape index (κ2) is 2.77. The van der Waals surface area contributed by atoms with Crippen LogP contribution in [0, 0.1) is 17.2 Å². The van der Waals surface area contributed by atoms with Crippen LogP contribution in [-0.2, 0) is 0 Å². The van der Waals surface area contributed by atoms with Crippen LogP contribution in [0.4, 0.5) is 5.82 Å². The van der Waals surface area contributed by atoms with Gasteiger partial charge >= 0.3 is 0 Å². The molecule has 1 heterocycles. The summed E-state index contributed by atoms with van der Waals surface area (Å²) < 4.78 is 1.81. The van der Waals surface area contributed by atoms with Crippen molar-refractivity contribution in [3.63, 3.8) is 0 Å². The van der Waals surface area contributed by atoms with Crippen molar-refractivity contribution in [2.45, 2.75) is 25.8 Å². The third-order valence-electron chi connectivity index (χ3n) is 2.60. The standard InChI is InChI=1S/C9H12N4/c1-6(7-2-3-7)13-5-8(4-10)9(11)12-13/h5-7H,2-3H2,1H3,(H2,11,12). The van der Waals surface area contributed by atoms with Gasteiger partial charge in [-0.05, 0) is 25.7 Å². The van der Waals surface area contributed by atoms with E-state index in [2.05, 4.69) is 12.0 Å². The molecular weight excluding hydrogens is 164 g/mol. The zero-order chi connectivity index (χ0) is 9.42. The number of hydrogen-bond donors (Lipinski definition) is 1. The van der Waals surface area contributed by atoms with Crippen molar-refractivity contribution < 1.29 is 0 Å². The molecule has 2 rings (SSSR count). The van der Waals surface area contributed by atoms with Crippen LogP contribution < -0.4 is 5.73 Å². The molecule has 1 fully saturated rings. The fourth-order valence-electron chi connectivity index (χ4n) is 1.49. The SMILES string of the molecule is CC(C1CC1)n1cc(C#N)c(N)n1. The van der Waals surface area contributed by atoms with Crippen LogP contribution in [0.3, 0.4) is 0 Å². The summed E-state index contributed by atoms with van der Waals surface area (Å²) in [4.78, 5) is 0. The molecule has 1 aromatic rings. The number of nitrogen functional groups attached to an aromatic ring is 1. The van der Waals surface area contributed by atoms with Crippen molar-refractivity contribution in [2.24, 2.45) is 5.92 Å². The molecule has 1 saturated carbocycles. The number of nitrogens with two attached hydrogens (primary N) is 1. The van der Waals surface area contributed by atoms with E-state index >= 15 is 0 Å². The van der Waals surface area contributed by atoms with Crippen LogP contribution in [0.25, 0.3) is 0 Å². The quantitative estimate of drug-likeness (QED) is 0.738. The lowest BCUT2D eigenvalue weighted by molar-refractivity contribution is 0.441. The van der Waals surface area contributed by atoms with Crippen molar-refractivity contribution >= 4 is 5.82 Å². The van der Waals surface area contributed by atoms with Crippen LogP contribution in [0.1, 0.15) is 31.4 Å². The summed E-state index contributed by atoms with van der Waals surface area (Å²) in [7, 11) is 0. The molecule has 1 atom stereocenters. The first kappa shape index (κ1) is 8.11. The van der Waals surface area contributed by atoms with E-state index in [-0.39, 0.29) is 0 Å². The number of nitrogens with zero attached hydrogens (tertiary/aromatic N) is 3. The smallest absolute Gasteiger partial charge is 0.163 e. The summed E-state index contributed by atoms with van der Waals surface area (Å²) in [5.74, 6) is 1.07. The minimum absolute atomic E-state index is 0.343. The molecule has 1 unspecified atom stereocenters. The van der Waals surface area contributed by atoms with Gasteiger partial charge in [0, 0.05) is 6.20 Å². The predicted octanol–water partition coefficient (Wildman–Crippen LogP) is 1.31. The molecule has 1 aliphatic rings. The van der Waals surface area contributed by atoms with E-state index in [9.17, 15) is 0 Å². The zero-order valence-electron chi connectivity index (χ0n) is 7.57. The number of nitriles is 1. The Morgan fingerprint density at radius 2 is 2.46 bits per heavy atom. The zero-order valence-corrected chi connectivity index (χ0v) is 7.57. The highest BCUT2D eigenvalue weighted by atomic mass is 15.3. The van der Waals surface area contributed by atoms with Gasteiger partial charge in [-0.2, -0.15) is 10.4 Å². The highest BCUT2D eigenvalue weighted by molar-refractivity contribution is 5.46. The van der Waals surface area contributed by atoms with Crippen LogP contribution in [-0.4, -0.2) is 9.78 Å². The fraction of sp³-hybridized carbons (Fsp3) is 0.556. The Morgan fingerprint density at radius 1 is 1.77 bits per heavy atom. The van der Waals surface area contributed by atoms with Gasteiger partial charge in [-0.25, -0.2) is 0 Å². The summed E-state index contributed by atoms with van der Waals surface area (Å²) in [6, 6.07) is 2.40. The average Bonchev–Trinajstić information content (AvgIpc) is 2.89. The van der Waals surface area contributed by atoms with Crippen molar-refractivity contribution in [3.8, 4) is 6.07 Å². The van der Waals surface area contributed by atoms with Gasteiger partial charge in [-0.15, -0.1) is 0 Å². The van der Waals surface area contributed by atoms with Gasteiger partial charge in [0.15, 0.2) is 5.82 Å². The molecule has 13 heavy (non-hydrogen) atoms. The van der Waals surface area contributed by atoms with E-state index in [0.717, 1.165) is 5.92 Å². The summed E-state index contributed by atoms with van der Waals surface area (Å²) in [5, 5.41) is 12.8. The molecule has 0 saturated heterocycles. The van der Waals surface area contributed by atoms with Crippen LogP contribution in [0.2, 0.25) is 0 Å². The third kappa shape index (κ3) is 1.37. The van der Waals surface area contributed by atoms with E-state index in [4.69, 9.17) is 11.0 Å². The average molecular weight is 176 g/mol. The van der Waals surface area contributed by atoms with Gasteiger partial charge in [0.2, 0.25) is 0 Å². The van der Waals surface area contributed by atoms with Gasteiger partial charge in [0.25, 0.3) is 0 Å². The number of aromatic nitrogens is 2. The van der Waals surface area contributed by atoms with E-state index in [0.29, 0.717) is 17.4 Å². The van der Waals surface area contributed by atoms with Crippen LogP contribution in [0.5, 0.6) is 0 Å². The van der Waals surface area contributed by atoms with Gasteiger partial charge in [-0.1, -0.05) is 0 Å². The molecule has 0 spiro atoms. The third-order valence-corrected chi connectivity index (χ3v) is 2.60. The van der Waals surface area contributed by atoms with Gasteiger partial charge in [0.05, 0.1) is 6.04 Å². The molecule has 68 valence electrons. The van der Waals surface area contributed by atoms with Crippen molar-refractivity contribution in [1.82, 2.24) is 9.78 Å². The molecule has 4 heteroatoms. The Bertz CT molecular complexity index is 356. The largest absolute Gasteiger partial charge is 0.381 e.